The van der Waals surface area contributed by atoms with Crippen molar-refractivity contribution < 1.29 is 4.39 Å². The zero-order chi connectivity index (χ0) is 16.1. The lowest BCUT2D eigenvalue weighted by molar-refractivity contribution is 0.626. The summed E-state index contributed by atoms with van der Waals surface area (Å²) < 4.78 is 13.4. The van der Waals surface area contributed by atoms with Gasteiger partial charge in [0.15, 0.2) is 5.69 Å². The van der Waals surface area contributed by atoms with Crippen LogP contribution in [0.15, 0.2) is 64.5 Å². The van der Waals surface area contributed by atoms with Crippen LogP contribution >= 0.6 is 0 Å². The van der Waals surface area contributed by atoms with Gasteiger partial charge < -0.3 is 0 Å². The first-order valence-electron chi connectivity index (χ1n) is 6.80. The van der Waals surface area contributed by atoms with Crippen molar-refractivity contribution in [3.05, 3.63) is 76.3 Å². The minimum atomic E-state index is -0.394. The Kier molecular flexibility index (Phi) is 4.19. The number of rotatable bonds is 4. The van der Waals surface area contributed by atoms with E-state index in [1.165, 1.54) is 12.3 Å². The van der Waals surface area contributed by atoms with E-state index in [9.17, 15) is 9.18 Å². The fraction of sp³-hybridized carbons (Fsp3) is 0. The lowest BCUT2D eigenvalue weighted by atomic mass is 10.2. The molecular formula is C16H12FN5O. The topological polar surface area (TPSA) is 83.0 Å². The van der Waals surface area contributed by atoms with Crippen molar-refractivity contribution in [3.63, 3.8) is 0 Å². The van der Waals surface area contributed by atoms with Gasteiger partial charge in [0.2, 0.25) is 5.95 Å². The predicted molar refractivity (Wildman–Crippen MR) is 85.7 cm³/mol. The normalized spacial score (nSPS) is 10.8. The van der Waals surface area contributed by atoms with Gasteiger partial charge in [-0.05, 0) is 6.07 Å². The number of hydrogen-bond acceptors (Lipinski definition) is 5. The van der Waals surface area contributed by atoms with Crippen molar-refractivity contribution in [2.24, 2.45) is 5.10 Å². The van der Waals surface area contributed by atoms with Gasteiger partial charge in [0.05, 0.1) is 6.21 Å². The monoisotopic (exact) mass is 309 g/mol. The summed E-state index contributed by atoms with van der Waals surface area (Å²) in [4.78, 5) is 14.5. The van der Waals surface area contributed by atoms with E-state index in [0.29, 0.717) is 11.1 Å². The fourth-order valence-electron chi connectivity index (χ4n) is 1.92. The van der Waals surface area contributed by atoms with Crippen molar-refractivity contribution in [1.29, 1.82) is 0 Å². The maximum atomic E-state index is 13.4. The molecule has 6 nitrogen and oxygen atoms in total. The minimum Gasteiger partial charge on any atom is -0.288 e. The van der Waals surface area contributed by atoms with E-state index in [2.05, 4.69) is 25.7 Å². The molecule has 0 bridgehead atoms. The largest absolute Gasteiger partial charge is 0.288 e. The second-order valence-electron chi connectivity index (χ2n) is 4.61. The maximum absolute atomic E-state index is 13.4. The lowest BCUT2D eigenvalue weighted by Crippen LogP contribution is -2.15. The van der Waals surface area contributed by atoms with Gasteiger partial charge in [0, 0.05) is 11.1 Å². The molecule has 1 heterocycles. The van der Waals surface area contributed by atoms with Crippen molar-refractivity contribution in [2.75, 3.05) is 5.43 Å². The van der Waals surface area contributed by atoms with Crippen LogP contribution in [0.25, 0.3) is 11.3 Å². The highest BCUT2D eigenvalue weighted by atomic mass is 19.1. The van der Waals surface area contributed by atoms with Gasteiger partial charge in [-0.2, -0.15) is 5.10 Å². The van der Waals surface area contributed by atoms with E-state index in [4.69, 9.17) is 0 Å². The van der Waals surface area contributed by atoms with Crippen LogP contribution in [0.4, 0.5) is 10.3 Å². The number of benzene rings is 2. The molecule has 114 valence electrons. The van der Waals surface area contributed by atoms with Crippen molar-refractivity contribution in [1.82, 2.24) is 15.2 Å². The van der Waals surface area contributed by atoms with Crippen LogP contribution in [0.1, 0.15) is 5.56 Å². The van der Waals surface area contributed by atoms with Gasteiger partial charge in [0.1, 0.15) is 5.82 Å². The quantitative estimate of drug-likeness (QED) is 0.573. The molecule has 3 aromatic rings. The third-order valence-corrected chi connectivity index (χ3v) is 3.02. The Bertz CT molecular complexity index is 892. The molecule has 2 N–H and O–H groups in total. The summed E-state index contributed by atoms with van der Waals surface area (Å²) in [6, 6.07) is 15.2. The molecule has 0 aliphatic heterocycles. The second kappa shape index (κ2) is 6.61. The average Bonchev–Trinajstić information content (AvgIpc) is 2.57. The summed E-state index contributed by atoms with van der Waals surface area (Å²) in [5, 5.41) is 11.6. The first kappa shape index (κ1) is 14.6. The molecule has 3 rings (SSSR count). The average molecular weight is 309 g/mol. The number of H-pyrrole nitrogens is 1. The molecule has 23 heavy (non-hydrogen) atoms. The molecule has 0 spiro atoms. The second-order valence-corrected chi connectivity index (χ2v) is 4.61. The van der Waals surface area contributed by atoms with Gasteiger partial charge >= 0.3 is 0 Å². The van der Waals surface area contributed by atoms with Crippen molar-refractivity contribution >= 4 is 12.2 Å². The Morgan fingerprint density at radius 3 is 2.52 bits per heavy atom. The number of aromatic nitrogens is 3. The molecule has 0 saturated carbocycles. The highest BCUT2D eigenvalue weighted by Crippen LogP contribution is 2.10. The van der Waals surface area contributed by atoms with E-state index in [1.807, 2.05) is 6.07 Å². The van der Waals surface area contributed by atoms with Crippen molar-refractivity contribution in [3.8, 4) is 11.3 Å². The highest BCUT2D eigenvalue weighted by Gasteiger charge is 2.06. The molecule has 2 aromatic carbocycles. The molecule has 7 heteroatoms. The number of aromatic amines is 1. The van der Waals surface area contributed by atoms with E-state index in [0.717, 1.165) is 0 Å². The van der Waals surface area contributed by atoms with Gasteiger partial charge in [-0.25, -0.2) is 9.82 Å². The molecule has 0 amide bonds. The number of halogens is 1. The first-order valence-corrected chi connectivity index (χ1v) is 6.80. The zero-order valence-corrected chi connectivity index (χ0v) is 11.9. The summed E-state index contributed by atoms with van der Waals surface area (Å²) in [6.45, 7) is 0. The van der Waals surface area contributed by atoms with Gasteiger partial charge in [0.25, 0.3) is 5.56 Å². The lowest BCUT2D eigenvalue weighted by Gasteiger charge is -2.01. The number of hydrogen-bond donors (Lipinski definition) is 2. The van der Waals surface area contributed by atoms with E-state index in [-0.39, 0.29) is 11.6 Å². The van der Waals surface area contributed by atoms with E-state index < -0.39 is 11.4 Å². The summed E-state index contributed by atoms with van der Waals surface area (Å²) in [6.07, 6.45) is 1.29. The van der Waals surface area contributed by atoms with Gasteiger partial charge in [-0.15, -0.1) is 10.2 Å². The molecule has 0 atom stereocenters. The van der Waals surface area contributed by atoms with Crippen LogP contribution in [0, 0.1) is 5.82 Å². The molecule has 0 aliphatic carbocycles. The Balaban J connectivity index is 1.77. The Morgan fingerprint density at radius 1 is 1.04 bits per heavy atom. The van der Waals surface area contributed by atoms with E-state index >= 15 is 0 Å². The SMILES string of the molecule is O=c1[nH]c(N/N=C\c2ccccc2F)nnc1-c1ccccc1. The van der Waals surface area contributed by atoms with Crippen LogP contribution in [0.5, 0.6) is 0 Å². The van der Waals surface area contributed by atoms with Crippen molar-refractivity contribution in [2.45, 2.75) is 0 Å². The molecule has 0 aliphatic rings. The zero-order valence-electron chi connectivity index (χ0n) is 11.9. The standard InChI is InChI=1S/C16H12FN5O/c17-13-9-5-4-8-12(13)10-18-21-16-19-15(23)14(20-22-16)11-6-2-1-3-7-11/h1-10H,(H2,19,21,22,23)/b18-10-. The Morgan fingerprint density at radius 2 is 1.78 bits per heavy atom. The number of nitrogens with zero attached hydrogens (tertiary/aromatic N) is 3. The first-order chi connectivity index (χ1) is 11.2. The van der Waals surface area contributed by atoms with Crippen LogP contribution in [-0.2, 0) is 0 Å². The van der Waals surface area contributed by atoms with E-state index in [1.54, 1.807) is 42.5 Å². The maximum Gasteiger partial charge on any atom is 0.279 e. The molecule has 1 aromatic heterocycles. The van der Waals surface area contributed by atoms with Gasteiger partial charge in [-0.3, -0.25) is 9.78 Å². The molecular weight excluding hydrogens is 297 g/mol. The molecule has 0 saturated heterocycles. The van der Waals surface area contributed by atoms with Crippen LogP contribution in [-0.4, -0.2) is 21.4 Å². The summed E-state index contributed by atoms with van der Waals surface area (Å²) >= 11 is 0. The smallest absolute Gasteiger partial charge is 0.279 e. The highest BCUT2D eigenvalue weighted by molar-refractivity contribution is 5.80. The Hall–Kier alpha value is -3.35. The summed E-state index contributed by atoms with van der Waals surface area (Å²) in [5.74, 6) is -0.320. The van der Waals surface area contributed by atoms with Gasteiger partial charge in [-0.1, -0.05) is 48.5 Å². The summed E-state index contributed by atoms with van der Waals surface area (Å²) in [7, 11) is 0. The van der Waals surface area contributed by atoms with Crippen LogP contribution in [0.2, 0.25) is 0 Å². The molecule has 0 fully saturated rings. The number of anilines is 1. The number of nitrogens with one attached hydrogen (secondary N) is 2. The van der Waals surface area contributed by atoms with Crippen LogP contribution in [0.3, 0.4) is 0 Å². The predicted octanol–water partition coefficient (Wildman–Crippen LogP) is 2.42. The Labute approximate surface area is 130 Å². The third-order valence-electron chi connectivity index (χ3n) is 3.02. The molecule has 0 unspecified atom stereocenters. The third kappa shape index (κ3) is 3.46. The fourth-order valence-corrected chi connectivity index (χ4v) is 1.92. The number of hydrazone groups is 1. The van der Waals surface area contributed by atoms with Crippen LogP contribution < -0.4 is 11.0 Å². The molecule has 0 radical (unpaired) electrons. The summed E-state index contributed by atoms with van der Waals surface area (Å²) in [5.41, 5.74) is 3.32. The minimum absolute atomic E-state index is 0.0715.